The van der Waals surface area contributed by atoms with E-state index >= 15 is 0 Å². The van der Waals surface area contributed by atoms with Crippen LogP contribution >= 0.6 is 0 Å². The molecule has 0 bridgehead atoms. The largest absolute Gasteiger partial charge is 0.338 e. The number of hydrogen-bond acceptors (Lipinski definition) is 6. The van der Waals surface area contributed by atoms with Gasteiger partial charge in [0.2, 0.25) is 5.89 Å². The molecule has 7 heteroatoms. The highest BCUT2D eigenvalue weighted by Gasteiger charge is 2.30. The second-order valence-electron chi connectivity index (χ2n) is 6.80. The second kappa shape index (κ2) is 6.03. The Bertz CT molecular complexity index is 660. The fourth-order valence-corrected chi connectivity index (χ4v) is 3.24. The topological polar surface area (TPSA) is 81.7 Å². The molecule has 3 heterocycles. The molecule has 2 aromatic rings. The molecule has 0 spiro atoms. The quantitative estimate of drug-likeness (QED) is 0.878. The molecule has 0 saturated heterocycles. The van der Waals surface area contributed by atoms with Gasteiger partial charge in [0.1, 0.15) is 11.6 Å². The molecular formula is C16H24N6O. The van der Waals surface area contributed by atoms with Crippen LogP contribution in [0.25, 0.3) is 0 Å². The van der Waals surface area contributed by atoms with Crippen molar-refractivity contribution in [3.05, 3.63) is 23.4 Å². The maximum Gasteiger partial charge on any atom is 0.243 e. The van der Waals surface area contributed by atoms with Gasteiger partial charge in [-0.05, 0) is 32.1 Å². The number of aryl methyl sites for hydroxylation is 2. The van der Waals surface area contributed by atoms with E-state index in [4.69, 9.17) is 4.52 Å². The van der Waals surface area contributed by atoms with Crippen LogP contribution in [0.15, 0.2) is 4.52 Å². The predicted molar refractivity (Wildman–Crippen MR) is 83.9 cm³/mol. The van der Waals surface area contributed by atoms with Gasteiger partial charge in [0.05, 0.1) is 6.04 Å². The zero-order chi connectivity index (χ0) is 15.8. The maximum absolute atomic E-state index is 5.40. The summed E-state index contributed by atoms with van der Waals surface area (Å²) in [4.78, 5) is 4.53. The molecule has 1 aliphatic heterocycles. The second-order valence-corrected chi connectivity index (χ2v) is 6.80. The lowest BCUT2D eigenvalue weighted by molar-refractivity contribution is 0.299. The zero-order valence-corrected chi connectivity index (χ0v) is 13.8. The maximum atomic E-state index is 5.40. The van der Waals surface area contributed by atoms with Crippen LogP contribution in [0, 0.1) is 5.92 Å². The zero-order valence-electron chi connectivity index (χ0n) is 13.8. The normalized spacial score (nSPS) is 22.1. The average Bonchev–Trinajstić information content (AvgIpc) is 3.16. The molecule has 2 aliphatic rings. The Labute approximate surface area is 135 Å². The highest BCUT2D eigenvalue weighted by molar-refractivity contribution is 5.05. The Morgan fingerprint density at radius 3 is 2.96 bits per heavy atom. The van der Waals surface area contributed by atoms with E-state index in [0.29, 0.717) is 17.7 Å². The van der Waals surface area contributed by atoms with Crippen LogP contribution in [0.1, 0.15) is 68.4 Å². The van der Waals surface area contributed by atoms with Crippen LogP contribution in [-0.2, 0) is 19.4 Å². The van der Waals surface area contributed by atoms with E-state index in [2.05, 4.69) is 44.1 Å². The summed E-state index contributed by atoms with van der Waals surface area (Å²) < 4.78 is 7.69. The van der Waals surface area contributed by atoms with Crippen molar-refractivity contribution in [1.82, 2.24) is 30.2 Å². The summed E-state index contributed by atoms with van der Waals surface area (Å²) in [6, 6.07) is 0.1000. The van der Waals surface area contributed by atoms with Gasteiger partial charge < -0.3 is 14.4 Å². The van der Waals surface area contributed by atoms with Gasteiger partial charge in [-0.2, -0.15) is 4.98 Å². The van der Waals surface area contributed by atoms with Gasteiger partial charge in [0, 0.05) is 31.8 Å². The summed E-state index contributed by atoms with van der Waals surface area (Å²) in [6.07, 6.45) is 5.50. The Morgan fingerprint density at radius 1 is 1.30 bits per heavy atom. The third-order valence-corrected chi connectivity index (χ3v) is 4.92. The molecule has 2 aromatic heterocycles. The smallest absolute Gasteiger partial charge is 0.243 e. The van der Waals surface area contributed by atoms with Crippen LogP contribution < -0.4 is 5.32 Å². The number of hydrogen-bond donors (Lipinski definition) is 1. The number of fused-ring (bicyclic) bond motifs is 1. The van der Waals surface area contributed by atoms with E-state index in [0.717, 1.165) is 49.8 Å². The lowest BCUT2D eigenvalue weighted by Crippen LogP contribution is -2.32. The van der Waals surface area contributed by atoms with Crippen molar-refractivity contribution < 1.29 is 4.52 Å². The molecule has 2 atom stereocenters. The molecule has 0 radical (unpaired) electrons. The van der Waals surface area contributed by atoms with E-state index in [9.17, 15) is 0 Å². The number of nitrogens with zero attached hydrogens (tertiary/aromatic N) is 5. The minimum Gasteiger partial charge on any atom is -0.338 e. The van der Waals surface area contributed by atoms with E-state index in [1.807, 2.05) is 0 Å². The van der Waals surface area contributed by atoms with Crippen molar-refractivity contribution >= 4 is 0 Å². The van der Waals surface area contributed by atoms with Gasteiger partial charge in [-0.1, -0.05) is 12.1 Å². The first-order chi connectivity index (χ1) is 11.2. The first-order valence-corrected chi connectivity index (χ1v) is 8.72. The van der Waals surface area contributed by atoms with Gasteiger partial charge in [-0.25, -0.2) is 0 Å². The summed E-state index contributed by atoms with van der Waals surface area (Å²) in [6.45, 7) is 6.18. The number of nitrogens with one attached hydrogen (secondary N) is 1. The van der Waals surface area contributed by atoms with Gasteiger partial charge in [-0.15, -0.1) is 10.2 Å². The van der Waals surface area contributed by atoms with Crippen LogP contribution in [0.4, 0.5) is 0 Å². The van der Waals surface area contributed by atoms with E-state index in [1.165, 1.54) is 12.8 Å². The number of aromatic nitrogens is 5. The molecule has 1 fully saturated rings. The molecule has 4 rings (SSSR count). The van der Waals surface area contributed by atoms with E-state index in [-0.39, 0.29) is 6.04 Å². The third-order valence-electron chi connectivity index (χ3n) is 4.92. The first-order valence-electron chi connectivity index (χ1n) is 8.72. The van der Waals surface area contributed by atoms with Gasteiger partial charge in [-0.3, -0.25) is 0 Å². The van der Waals surface area contributed by atoms with Crippen molar-refractivity contribution in [3.8, 4) is 0 Å². The Morgan fingerprint density at radius 2 is 2.17 bits per heavy atom. The molecule has 1 saturated carbocycles. The summed E-state index contributed by atoms with van der Waals surface area (Å²) in [5.74, 6) is 4.96. The van der Waals surface area contributed by atoms with Crippen molar-refractivity contribution in [2.75, 3.05) is 6.54 Å². The molecule has 124 valence electrons. The molecule has 1 aliphatic carbocycles. The SMILES string of the molecule is CCc1nnc2n1CC(CNC(C)c1nc(C3CC3)no1)CC2. The summed E-state index contributed by atoms with van der Waals surface area (Å²) >= 11 is 0. The highest BCUT2D eigenvalue weighted by atomic mass is 16.5. The highest BCUT2D eigenvalue weighted by Crippen LogP contribution is 2.38. The average molecular weight is 316 g/mol. The van der Waals surface area contributed by atoms with E-state index < -0.39 is 0 Å². The summed E-state index contributed by atoms with van der Waals surface area (Å²) in [5, 5.41) is 16.2. The van der Waals surface area contributed by atoms with Crippen molar-refractivity contribution in [2.45, 2.75) is 64.5 Å². The molecule has 2 unspecified atom stereocenters. The lowest BCUT2D eigenvalue weighted by atomic mass is 9.99. The first kappa shape index (κ1) is 14.8. The third kappa shape index (κ3) is 3.02. The fourth-order valence-electron chi connectivity index (χ4n) is 3.24. The minimum absolute atomic E-state index is 0.1000. The Kier molecular flexibility index (Phi) is 3.88. The van der Waals surface area contributed by atoms with Gasteiger partial charge in [0.15, 0.2) is 5.82 Å². The minimum atomic E-state index is 0.1000. The lowest BCUT2D eigenvalue weighted by Gasteiger charge is -2.25. The monoisotopic (exact) mass is 316 g/mol. The fraction of sp³-hybridized carbons (Fsp3) is 0.750. The molecule has 0 amide bonds. The van der Waals surface area contributed by atoms with Crippen LogP contribution in [0.5, 0.6) is 0 Å². The van der Waals surface area contributed by atoms with Gasteiger partial charge in [0.25, 0.3) is 0 Å². The summed E-state index contributed by atoms with van der Waals surface area (Å²) in [7, 11) is 0. The molecule has 0 aromatic carbocycles. The Hall–Kier alpha value is -1.76. The van der Waals surface area contributed by atoms with Crippen molar-refractivity contribution in [1.29, 1.82) is 0 Å². The van der Waals surface area contributed by atoms with Crippen LogP contribution in [0.3, 0.4) is 0 Å². The summed E-state index contributed by atoms with van der Waals surface area (Å²) in [5.41, 5.74) is 0. The molecule has 23 heavy (non-hydrogen) atoms. The standard InChI is InChI=1S/C16H24N6O/c1-3-13-19-20-14-7-4-11(9-22(13)14)8-17-10(2)16-18-15(21-23-16)12-5-6-12/h10-12,17H,3-9H2,1-2H3. The van der Waals surface area contributed by atoms with Crippen molar-refractivity contribution in [3.63, 3.8) is 0 Å². The Balaban J connectivity index is 1.33. The molecule has 7 nitrogen and oxygen atoms in total. The molecule has 1 N–H and O–H groups in total. The van der Waals surface area contributed by atoms with Crippen molar-refractivity contribution in [2.24, 2.45) is 5.92 Å². The number of rotatable bonds is 6. The molecular weight excluding hydrogens is 292 g/mol. The predicted octanol–water partition coefficient (Wildman–Crippen LogP) is 2.01. The van der Waals surface area contributed by atoms with Crippen LogP contribution in [0.2, 0.25) is 0 Å². The van der Waals surface area contributed by atoms with Gasteiger partial charge >= 0.3 is 0 Å². The van der Waals surface area contributed by atoms with Crippen LogP contribution in [-0.4, -0.2) is 31.4 Å². The van der Waals surface area contributed by atoms with E-state index in [1.54, 1.807) is 0 Å².